The third kappa shape index (κ3) is 5.32. The standard InChI is InChI=1S/C18H18F2N4O3S2/c19-17(20)15(6-21)7-24-18(25)23(11-22-24)8-16-5-14(9-28-16)13-3-1-12(2-4-13)10-29(26)27/h1-5,9,11H,6-8,10,21H2,(H,26,27). The van der Waals surface area contributed by atoms with Crippen LogP contribution in [0.5, 0.6) is 0 Å². The zero-order valence-corrected chi connectivity index (χ0v) is 16.8. The number of hydrogen-bond donors (Lipinski definition) is 2. The molecule has 1 unspecified atom stereocenters. The van der Waals surface area contributed by atoms with Crippen molar-refractivity contribution < 1.29 is 17.5 Å². The molecule has 0 saturated carbocycles. The van der Waals surface area contributed by atoms with Gasteiger partial charge in [0.25, 0.3) is 6.08 Å². The van der Waals surface area contributed by atoms with Crippen LogP contribution >= 0.6 is 11.3 Å². The van der Waals surface area contributed by atoms with Crippen LogP contribution in [-0.4, -0.2) is 29.7 Å². The first kappa shape index (κ1) is 21.2. The molecule has 0 aliphatic carbocycles. The Balaban J connectivity index is 1.73. The van der Waals surface area contributed by atoms with Gasteiger partial charge in [-0.3, -0.25) is 4.57 Å². The van der Waals surface area contributed by atoms with Gasteiger partial charge in [0.2, 0.25) is 0 Å². The van der Waals surface area contributed by atoms with E-state index in [1.54, 1.807) is 12.1 Å². The number of nitrogens with two attached hydrogens (primary N) is 1. The molecule has 0 spiro atoms. The molecule has 0 aliphatic heterocycles. The highest BCUT2D eigenvalue weighted by Gasteiger charge is 2.12. The molecule has 2 heterocycles. The fourth-order valence-corrected chi connectivity index (χ4v) is 4.06. The van der Waals surface area contributed by atoms with Crippen LogP contribution in [0.15, 0.2) is 58.5 Å². The van der Waals surface area contributed by atoms with Gasteiger partial charge < -0.3 is 10.3 Å². The summed E-state index contributed by atoms with van der Waals surface area (Å²) in [7, 11) is 0. The van der Waals surface area contributed by atoms with Crippen LogP contribution in [0.4, 0.5) is 8.78 Å². The van der Waals surface area contributed by atoms with Crippen LogP contribution in [-0.2, 0) is 29.9 Å². The Hall–Kier alpha value is -2.47. The highest BCUT2D eigenvalue weighted by atomic mass is 32.2. The van der Waals surface area contributed by atoms with E-state index in [9.17, 15) is 17.8 Å². The van der Waals surface area contributed by atoms with Crippen molar-refractivity contribution in [2.45, 2.75) is 18.8 Å². The minimum atomic E-state index is -1.90. The van der Waals surface area contributed by atoms with E-state index >= 15 is 0 Å². The summed E-state index contributed by atoms with van der Waals surface area (Å²) in [6.07, 6.45) is -0.580. The van der Waals surface area contributed by atoms with Gasteiger partial charge in [0.05, 0.1) is 18.8 Å². The summed E-state index contributed by atoms with van der Waals surface area (Å²) in [5.41, 5.74) is 7.12. The van der Waals surface area contributed by atoms with Crippen molar-refractivity contribution in [1.29, 1.82) is 0 Å². The van der Waals surface area contributed by atoms with Crippen LogP contribution < -0.4 is 11.4 Å². The van der Waals surface area contributed by atoms with Gasteiger partial charge in [0.15, 0.2) is 11.1 Å². The zero-order valence-electron chi connectivity index (χ0n) is 15.1. The van der Waals surface area contributed by atoms with Crippen molar-refractivity contribution in [3.8, 4) is 11.1 Å². The van der Waals surface area contributed by atoms with E-state index in [1.807, 2.05) is 23.6 Å². The molecule has 0 amide bonds. The molecule has 154 valence electrons. The van der Waals surface area contributed by atoms with Crippen molar-refractivity contribution in [2.24, 2.45) is 5.73 Å². The van der Waals surface area contributed by atoms with Crippen molar-refractivity contribution in [3.63, 3.8) is 0 Å². The molecule has 2 aromatic heterocycles. The Morgan fingerprint density at radius 2 is 1.97 bits per heavy atom. The van der Waals surface area contributed by atoms with E-state index in [-0.39, 0.29) is 31.0 Å². The summed E-state index contributed by atoms with van der Waals surface area (Å²) in [4.78, 5) is 13.3. The van der Waals surface area contributed by atoms with Crippen LogP contribution in [0.1, 0.15) is 10.4 Å². The lowest BCUT2D eigenvalue weighted by atomic mass is 10.1. The summed E-state index contributed by atoms with van der Waals surface area (Å²) < 4.78 is 47.6. The molecule has 1 atom stereocenters. The van der Waals surface area contributed by atoms with Crippen molar-refractivity contribution >= 4 is 22.4 Å². The Morgan fingerprint density at radius 1 is 1.24 bits per heavy atom. The molecule has 3 rings (SSSR count). The first-order chi connectivity index (χ1) is 13.9. The smallest absolute Gasteiger partial charge is 0.327 e. The number of hydrogen-bond acceptors (Lipinski definition) is 5. The van der Waals surface area contributed by atoms with Gasteiger partial charge in [-0.1, -0.05) is 24.3 Å². The molecule has 11 heteroatoms. The lowest BCUT2D eigenvalue weighted by molar-refractivity contribution is 0.400. The second kappa shape index (κ2) is 9.35. The van der Waals surface area contributed by atoms with E-state index in [4.69, 9.17) is 10.3 Å². The third-order valence-electron chi connectivity index (χ3n) is 4.21. The van der Waals surface area contributed by atoms with E-state index in [0.29, 0.717) is 0 Å². The van der Waals surface area contributed by atoms with E-state index < -0.39 is 22.9 Å². The average molecular weight is 440 g/mol. The number of aromatic nitrogens is 3. The van der Waals surface area contributed by atoms with Crippen LogP contribution in [0.3, 0.4) is 0 Å². The lowest BCUT2D eigenvalue weighted by Gasteiger charge is -2.02. The molecule has 1 aromatic carbocycles. The first-order valence-corrected chi connectivity index (χ1v) is 10.6. The summed E-state index contributed by atoms with van der Waals surface area (Å²) in [6.45, 7) is -0.418. The maximum absolute atomic E-state index is 12.7. The quantitative estimate of drug-likeness (QED) is 0.524. The minimum Gasteiger partial charge on any atom is -0.327 e. The van der Waals surface area contributed by atoms with Gasteiger partial charge in [-0.15, -0.1) is 11.3 Å². The van der Waals surface area contributed by atoms with Crippen molar-refractivity contribution in [2.75, 3.05) is 6.54 Å². The van der Waals surface area contributed by atoms with Crippen molar-refractivity contribution in [3.05, 3.63) is 74.6 Å². The molecule has 0 radical (unpaired) electrons. The van der Waals surface area contributed by atoms with Gasteiger partial charge in [-0.2, -0.15) is 13.9 Å². The molecule has 0 saturated heterocycles. The van der Waals surface area contributed by atoms with E-state index in [0.717, 1.165) is 26.2 Å². The number of nitrogens with zero attached hydrogens (tertiary/aromatic N) is 3. The van der Waals surface area contributed by atoms with E-state index in [2.05, 4.69) is 5.10 Å². The van der Waals surface area contributed by atoms with E-state index in [1.165, 1.54) is 22.2 Å². The second-order valence-corrected chi connectivity index (χ2v) is 8.16. The summed E-state index contributed by atoms with van der Waals surface area (Å²) in [5, 5.41) is 5.83. The minimum absolute atomic E-state index is 0.0788. The Labute approximate surface area is 171 Å². The SMILES string of the molecule is NCC(Cn1ncn(Cc2cc(-c3ccc(CS(=O)O)cc3)cs2)c1=O)=C(F)F. The lowest BCUT2D eigenvalue weighted by Crippen LogP contribution is -2.27. The van der Waals surface area contributed by atoms with Crippen LogP contribution in [0.2, 0.25) is 0 Å². The topological polar surface area (TPSA) is 103 Å². The number of benzene rings is 1. The van der Waals surface area contributed by atoms with Crippen LogP contribution in [0.25, 0.3) is 11.1 Å². The Morgan fingerprint density at radius 3 is 2.59 bits per heavy atom. The largest absolute Gasteiger partial charge is 0.346 e. The van der Waals surface area contributed by atoms with Gasteiger partial charge in [-0.25, -0.2) is 13.7 Å². The Bertz CT molecular complexity index is 1100. The maximum atomic E-state index is 12.7. The Kier molecular flexibility index (Phi) is 6.85. The fraction of sp³-hybridized carbons (Fsp3) is 0.222. The second-order valence-electron chi connectivity index (χ2n) is 6.23. The highest BCUT2D eigenvalue weighted by Crippen LogP contribution is 2.26. The number of halogens is 2. The first-order valence-electron chi connectivity index (χ1n) is 8.47. The summed E-state index contributed by atoms with van der Waals surface area (Å²) >= 11 is -0.423. The normalized spacial score (nSPS) is 12.1. The average Bonchev–Trinajstić information content (AvgIpc) is 3.28. The van der Waals surface area contributed by atoms with Gasteiger partial charge in [0, 0.05) is 17.0 Å². The summed E-state index contributed by atoms with van der Waals surface area (Å²) in [5.74, 6) is 0.0788. The molecule has 0 fully saturated rings. The monoisotopic (exact) mass is 440 g/mol. The predicted molar refractivity (Wildman–Crippen MR) is 108 cm³/mol. The molecular weight excluding hydrogens is 422 g/mol. The highest BCUT2D eigenvalue weighted by molar-refractivity contribution is 7.78. The fourth-order valence-electron chi connectivity index (χ4n) is 2.69. The molecule has 0 bridgehead atoms. The summed E-state index contributed by atoms with van der Waals surface area (Å²) in [6, 6.07) is 9.25. The molecule has 3 N–H and O–H groups in total. The molecule has 3 aromatic rings. The zero-order chi connectivity index (χ0) is 21.0. The van der Waals surface area contributed by atoms with Crippen LogP contribution in [0, 0.1) is 0 Å². The van der Waals surface area contributed by atoms with Crippen molar-refractivity contribution in [1.82, 2.24) is 14.3 Å². The molecular formula is C18H18F2N4O3S2. The van der Waals surface area contributed by atoms with Gasteiger partial charge >= 0.3 is 5.69 Å². The number of thiophene rings is 1. The number of rotatable bonds is 8. The maximum Gasteiger partial charge on any atom is 0.346 e. The third-order valence-corrected chi connectivity index (χ3v) is 5.71. The van der Waals surface area contributed by atoms with Gasteiger partial charge in [-0.05, 0) is 28.1 Å². The molecule has 29 heavy (non-hydrogen) atoms. The van der Waals surface area contributed by atoms with Gasteiger partial charge in [0.1, 0.15) is 6.33 Å². The predicted octanol–water partition coefficient (Wildman–Crippen LogP) is 2.65. The molecule has 7 nitrogen and oxygen atoms in total. The molecule has 0 aliphatic rings.